The van der Waals surface area contributed by atoms with Crippen LogP contribution in [0.15, 0.2) is 42.5 Å². The Hall–Kier alpha value is -3.75. The molecule has 0 bridgehead atoms. The summed E-state index contributed by atoms with van der Waals surface area (Å²) >= 11 is 0. The first-order valence-electron chi connectivity index (χ1n) is 9.20. The Morgan fingerprint density at radius 3 is 2.20 bits per heavy atom. The zero-order valence-corrected chi connectivity index (χ0v) is 16.9. The number of carbonyl (C=O) groups excluding carboxylic acids is 3. The number of esters is 1. The molecule has 0 aliphatic rings. The molecule has 0 aliphatic heterocycles. The Labute approximate surface area is 174 Å². The van der Waals surface area contributed by atoms with Gasteiger partial charge in [-0.25, -0.2) is 9.59 Å². The second-order valence-corrected chi connectivity index (χ2v) is 6.28. The Bertz CT molecular complexity index is 883. The van der Waals surface area contributed by atoms with Crippen LogP contribution in [0.4, 0.5) is 4.79 Å². The molecule has 0 fully saturated rings. The highest BCUT2D eigenvalue weighted by molar-refractivity contribution is 5.91. The van der Waals surface area contributed by atoms with Crippen LogP contribution in [0.3, 0.4) is 0 Å². The Morgan fingerprint density at radius 1 is 0.900 bits per heavy atom. The maximum Gasteiger partial charge on any atom is 0.338 e. The normalized spacial score (nSPS) is 10.1. The van der Waals surface area contributed by atoms with Crippen LogP contribution in [-0.4, -0.2) is 45.3 Å². The van der Waals surface area contributed by atoms with Gasteiger partial charge in [0.25, 0.3) is 5.91 Å². The van der Waals surface area contributed by atoms with Gasteiger partial charge in [-0.1, -0.05) is 18.2 Å². The average Bonchev–Trinajstić information content (AvgIpc) is 2.76. The zero-order chi connectivity index (χ0) is 21.9. The zero-order valence-electron chi connectivity index (χ0n) is 16.9. The Morgan fingerprint density at radius 2 is 1.57 bits per heavy atom. The number of benzene rings is 2. The van der Waals surface area contributed by atoms with Gasteiger partial charge < -0.3 is 30.6 Å². The summed E-state index contributed by atoms with van der Waals surface area (Å²) in [6.07, 6.45) is 0.584. The molecule has 2 aromatic rings. The summed E-state index contributed by atoms with van der Waals surface area (Å²) in [5, 5.41) is 5.15. The van der Waals surface area contributed by atoms with E-state index in [4.69, 9.17) is 19.9 Å². The van der Waals surface area contributed by atoms with Crippen molar-refractivity contribution in [1.29, 1.82) is 0 Å². The van der Waals surface area contributed by atoms with Crippen molar-refractivity contribution in [3.63, 3.8) is 0 Å². The molecule has 0 unspecified atom stereocenters. The van der Waals surface area contributed by atoms with E-state index >= 15 is 0 Å². The van der Waals surface area contributed by atoms with Crippen molar-refractivity contribution in [1.82, 2.24) is 10.6 Å². The smallest absolute Gasteiger partial charge is 0.338 e. The van der Waals surface area contributed by atoms with E-state index in [1.54, 1.807) is 44.6 Å². The maximum atomic E-state index is 12.0. The van der Waals surface area contributed by atoms with Crippen LogP contribution in [0, 0.1) is 0 Å². The monoisotopic (exact) mass is 415 g/mol. The lowest BCUT2D eigenvalue weighted by Crippen LogP contribution is -2.30. The molecule has 0 atom stereocenters. The van der Waals surface area contributed by atoms with Gasteiger partial charge in [-0.05, 0) is 41.8 Å². The fraction of sp³-hybridized carbons (Fsp3) is 0.286. The van der Waals surface area contributed by atoms with E-state index in [0.29, 0.717) is 30.0 Å². The first-order chi connectivity index (χ1) is 14.4. The summed E-state index contributed by atoms with van der Waals surface area (Å²) in [5.41, 5.74) is 7.05. The number of methoxy groups -OCH3 is 2. The van der Waals surface area contributed by atoms with Gasteiger partial charge in [0, 0.05) is 13.1 Å². The van der Waals surface area contributed by atoms with Crippen molar-refractivity contribution in [3.05, 3.63) is 59.2 Å². The lowest BCUT2D eigenvalue weighted by atomic mass is 10.1. The number of carbonyl (C=O) groups is 3. The molecule has 2 rings (SSSR count). The first kappa shape index (κ1) is 22.5. The number of ether oxygens (including phenoxy) is 3. The fourth-order valence-electron chi connectivity index (χ4n) is 2.60. The van der Waals surface area contributed by atoms with Crippen molar-refractivity contribution in [2.45, 2.75) is 13.0 Å². The largest absolute Gasteiger partial charge is 0.493 e. The molecular formula is C21H25N3O6. The van der Waals surface area contributed by atoms with E-state index < -0.39 is 17.9 Å². The molecular weight excluding hydrogens is 390 g/mol. The van der Waals surface area contributed by atoms with Crippen LogP contribution in [0.25, 0.3) is 0 Å². The fourth-order valence-corrected chi connectivity index (χ4v) is 2.60. The van der Waals surface area contributed by atoms with Gasteiger partial charge >= 0.3 is 12.0 Å². The number of rotatable bonds is 10. The molecule has 0 saturated heterocycles. The van der Waals surface area contributed by atoms with Gasteiger partial charge in [-0.3, -0.25) is 4.79 Å². The SMILES string of the molecule is COc1ccc(CCNC(=O)COC(=O)c2ccc(CNC(N)=O)cc2)cc1OC. The molecule has 0 heterocycles. The number of amides is 3. The third-order valence-corrected chi connectivity index (χ3v) is 4.17. The van der Waals surface area contributed by atoms with E-state index in [9.17, 15) is 14.4 Å². The first-order valence-corrected chi connectivity index (χ1v) is 9.20. The molecule has 2 aromatic carbocycles. The van der Waals surface area contributed by atoms with E-state index in [1.165, 1.54) is 0 Å². The lowest BCUT2D eigenvalue weighted by molar-refractivity contribution is -0.124. The topological polar surface area (TPSA) is 129 Å². The highest BCUT2D eigenvalue weighted by Gasteiger charge is 2.11. The predicted molar refractivity (Wildman–Crippen MR) is 109 cm³/mol. The Balaban J connectivity index is 1.74. The number of urea groups is 1. The molecule has 9 nitrogen and oxygen atoms in total. The summed E-state index contributed by atoms with van der Waals surface area (Å²) in [7, 11) is 3.12. The van der Waals surface area contributed by atoms with E-state index in [0.717, 1.165) is 11.1 Å². The summed E-state index contributed by atoms with van der Waals surface area (Å²) in [6.45, 7) is 0.260. The third-order valence-electron chi connectivity index (χ3n) is 4.17. The van der Waals surface area contributed by atoms with Gasteiger partial charge in [0.15, 0.2) is 18.1 Å². The van der Waals surface area contributed by atoms with Gasteiger partial charge in [0.1, 0.15) is 0 Å². The molecule has 0 spiro atoms. The van der Waals surface area contributed by atoms with Crippen LogP contribution in [0.1, 0.15) is 21.5 Å². The van der Waals surface area contributed by atoms with Crippen molar-refractivity contribution < 1.29 is 28.6 Å². The van der Waals surface area contributed by atoms with Crippen LogP contribution in [-0.2, 0) is 22.5 Å². The van der Waals surface area contributed by atoms with Crippen LogP contribution in [0.5, 0.6) is 11.5 Å². The van der Waals surface area contributed by atoms with Crippen LogP contribution in [0.2, 0.25) is 0 Å². The Kier molecular flexibility index (Phi) is 8.49. The highest BCUT2D eigenvalue weighted by atomic mass is 16.5. The molecule has 3 amide bonds. The number of primary amides is 1. The van der Waals surface area contributed by atoms with Crippen LogP contribution >= 0.6 is 0 Å². The maximum absolute atomic E-state index is 12.0. The standard InChI is InChI=1S/C21H25N3O6/c1-28-17-8-5-14(11-18(17)29-2)9-10-23-19(25)13-30-20(26)16-6-3-15(4-7-16)12-24-21(22)27/h3-8,11H,9-10,12-13H2,1-2H3,(H,23,25)(H3,22,24,27). The molecule has 9 heteroatoms. The second-order valence-electron chi connectivity index (χ2n) is 6.28. The minimum Gasteiger partial charge on any atom is -0.493 e. The second kappa shape index (κ2) is 11.3. The highest BCUT2D eigenvalue weighted by Crippen LogP contribution is 2.27. The van der Waals surface area contributed by atoms with E-state index in [-0.39, 0.29) is 13.2 Å². The quantitative estimate of drug-likeness (QED) is 0.503. The van der Waals surface area contributed by atoms with Crippen molar-refractivity contribution in [2.24, 2.45) is 5.73 Å². The van der Waals surface area contributed by atoms with Gasteiger partial charge in [0.05, 0.1) is 19.8 Å². The number of hydrogen-bond acceptors (Lipinski definition) is 6. The molecule has 0 aliphatic carbocycles. The summed E-state index contributed by atoms with van der Waals surface area (Å²) in [5.74, 6) is 0.242. The number of nitrogens with two attached hydrogens (primary N) is 1. The lowest BCUT2D eigenvalue weighted by Gasteiger charge is -2.10. The van der Waals surface area contributed by atoms with Gasteiger partial charge in [-0.2, -0.15) is 0 Å². The van der Waals surface area contributed by atoms with Gasteiger partial charge in [0.2, 0.25) is 0 Å². The summed E-state index contributed by atoms with van der Waals surface area (Å²) in [6, 6.07) is 11.3. The predicted octanol–water partition coefficient (Wildman–Crippen LogP) is 1.39. The molecule has 0 aromatic heterocycles. The van der Waals surface area contributed by atoms with Crippen molar-refractivity contribution in [3.8, 4) is 11.5 Å². The number of hydrogen-bond donors (Lipinski definition) is 3. The van der Waals surface area contributed by atoms with E-state index in [1.807, 2.05) is 12.1 Å². The van der Waals surface area contributed by atoms with Crippen molar-refractivity contribution >= 4 is 17.9 Å². The molecule has 0 radical (unpaired) electrons. The summed E-state index contributed by atoms with van der Waals surface area (Å²) in [4.78, 5) is 34.6. The number of nitrogens with one attached hydrogen (secondary N) is 2. The van der Waals surface area contributed by atoms with Crippen LogP contribution < -0.4 is 25.8 Å². The molecule has 30 heavy (non-hydrogen) atoms. The average molecular weight is 415 g/mol. The van der Waals surface area contributed by atoms with E-state index in [2.05, 4.69) is 10.6 Å². The minimum atomic E-state index is -0.629. The molecule has 160 valence electrons. The third kappa shape index (κ3) is 7.01. The molecule has 0 saturated carbocycles. The molecule has 4 N–H and O–H groups in total. The van der Waals surface area contributed by atoms with Gasteiger partial charge in [-0.15, -0.1) is 0 Å². The minimum absolute atomic E-state index is 0.257. The van der Waals surface area contributed by atoms with Crippen molar-refractivity contribution in [2.75, 3.05) is 27.4 Å². The summed E-state index contributed by atoms with van der Waals surface area (Å²) < 4.78 is 15.5.